The van der Waals surface area contributed by atoms with Crippen LogP contribution in [0.25, 0.3) is 0 Å². The summed E-state index contributed by atoms with van der Waals surface area (Å²) in [5, 5.41) is 6.47. The van der Waals surface area contributed by atoms with Gasteiger partial charge in [-0.15, -0.1) is 0 Å². The number of ether oxygens (including phenoxy) is 1. The van der Waals surface area contributed by atoms with Crippen LogP contribution in [0.5, 0.6) is 0 Å². The Bertz CT molecular complexity index is 468. The lowest BCUT2D eigenvalue weighted by Gasteiger charge is -2.30. The summed E-state index contributed by atoms with van der Waals surface area (Å²) in [6, 6.07) is 4.01. The molecule has 104 valence electrons. The van der Waals surface area contributed by atoms with Crippen LogP contribution in [0.1, 0.15) is 15.9 Å². The van der Waals surface area contributed by atoms with E-state index in [0.29, 0.717) is 5.56 Å². The third kappa shape index (κ3) is 2.81. The molecule has 0 atom stereocenters. The molecule has 0 amide bonds. The number of hydrogen-bond donors (Lipinski definition) is 2. The molecule has 0 aromatic heterocycles. The third-order valence-electron chi connectivity index (χ3n) is 3.55. The first-order valence-corrected chi connectivity index (χ1v) is 6.53. The zero-order valence-corrected chi connectivity index (χ0v) is 11.7. The fourth-order valence-corrected chi connectivity index (χ4v) is 2.39. The average Bonchev–Trinajstić information content (AvgIpc) is 2.47. The van der Waals surface area contributed by atoms with Gasteiger partial charge in [-0.25, -0.2) is 4.79 Å². The molecule has 0 saturated carbocycles. The Morgan fingerprint density at radius 3 is 2.63 bits per heavy atom. The number of esters is 1. The highest BCUT2D eigenvalue weighted by atomic mass is 16.5. The van der Waals surface area contributed by atoms with Gasteiger partial charge in [-0.3, -0.25) is 0 Å². The van der Waals surface area contributed by atoms with Gasteiger partial charge in [0.15, 0.2) is 0 Å². The highest BCUT2D eigenvalue weighted by Gasteiger charge is 2.17. The molecule has 0 bridgehead atoms. The van der Waals surface area contributed by atoms with Crippen LogP contribution < -0.4 is 15.5 Å². The van der Waals surface area contributed by atoms with Gasteiger partial charge in [0.25, 0.3) is 0 Å². The van der Waals surface area contributed by atoms with E-state index >= 15 is 0 Å². The normalized spacial score (nSPS) is 15.2. The van der Waals surface area contributed by atoms with Crippen LogP contribution in [0.3, 0.4) is 0 Å². The number of carbonyl (C=O) groups excluding carboxylic acids is 1. The number of methoxy groups -OCH3 is 1. The Morgan fingerprint density at radius 2 is 2.05 bits per heavy atom. The Balaban J connectivity index is 2.40. The van der Waals surface area contributed by atoms with Gasteiger partial charge in [0.1, 0.15) is 0 Å². The van der Waals surface area contributed by atoms with E-state index in [2.05, 4.69) is 21.6 Å². The lowest BCUT2D eigenvalue weighted by molar-refractivity contribution is 0.0600. The van der Waals surface area contributed by atoms with Crippen LogP contribution in [-0.4, -0.2) is 46.3 Å². The maximum atomic E-state index is 11.9. The molecule has 1 aliphatic heterocycles. The van der Waals surface area contributed by atoms with Crippen LogP contribution in [0, 0.1) is 6.92 Å². The van der Waals surface area contributed by atoms with Gasteiger partial charge < -0.3 is 20.3 Å². The van der Waals surface area contributed by atoms with Crippen molar-refractivity contribution in [3.8, 4) is 0 Å². The van der Waals surface area contributed by atoms with Gasteiger partial charge in [0.05, 0.1) is 12.7 Å². The second kappa shape index (κ2) is 5.93. The summed E-state index contributed by atoms with van der Waals surface area (Å²) < 4.78 is 4.86. The number of rotatable bonds is 3. The number of nitrogens with one attached hydrogen (secondary N) is 2. The topological polar surface area (TPSA) is 53.6 Å². The summed E-state index contributed by atoms with van der Waals surface area (Å²) >= 11 is 0. The molecule has 1 aliphatic rings. The fourth-order valence-electron chi connectivity index (χ4n) is 2.39. The van der Waals surface area contributed by atoms with E-state index in [0.717, 1.165) is 43.1 Å². The molecule has 5 nitrogen and oxygen atoms in total. The first-order chi connectivity index (χ1) is 9.17. The molecule has 0 spiro atoms. The number of nitrogens with zero attached hydrogens (tertiary/aromatic N) is 1. The molecule has 0 aliphatic carbocycles. The number of piperazine rings is 1. The summed E-state index contributed by atoms with van der Waals surface area (Å²) in [6.45, 7) is 5.77. The third-order valence-corrected chi connectivity index (χ3v) is 3.55. The quantitative estimate of drug-likeness (QED) is 0.803. The number of hydrogen-bond acceptors (Lipinski definition) is 5. The largest absolute Gasteiger partial charge is 0.465 e. The number of carbonyl (C=O) groups is 1. The highest BCUT2D eigenvalue weighted by Crippen LogP contribution is 2.27. The molecular formula is C14H21N3O2. The Morgan fingerprint density at radius 1 is 1.37 bits per heavy atom. The van der Waals surface area contributed by atoms with Crippen molar-refractivity contribution in [2.24, 2.45) is 0 Å². The minimum Gasteiger partial charge on any atom is -0.465 e. The van der Waals surface area contributed by atoms with Gasteiger partial charge in [-0.1, -0.05) is 0 Å². The van der Waals surface area contributed by atoms with Crippen molar-refractivity contribution in [2.45, 2.75) is 6.92 Å². The van der Waals surface area contributed by atoms with E-state index in [1.54, 1.807) is 0 Å². The Labute approximate surface area is 113 Å². The molecule has 1 heterocycles. The molecule has 1 aromatic rings. The van der Waals surface area contributed by atoms with Gasteiger partial charge in [-0.05, 0) is 24.6 Å². The minimum atomic E-state index is -0.286. The minimum absolute atomic E-state index is 0.286. The second-order valence-electron chi connectivity index (χ2n) is 4.64. The first kappa shape index (κ1) is 13.7. The van der Waals surface area contributed by atoms with Gasteiger partial charge in [0, 0.05) is 44.6 Å². The van der Waals surface area contributed by atoms with Crippen LogP contribution in [0.15, 0.2) is 12.1 Å². The van der Waals surface area contributed by atoms with Crippen LogP contribution in [0.4, 0.5) is 11.4 Å². The first-order valence-electron chi connectivity index (χ1n) is 6.53. The lowest BCUT2D eigenvalue weighted by atomic mass is 10.0. The smallest absolute Gasteiger partial charge is 0.338 e. The zero-order valence-electron chi connectivity index (χ0n) is 11.7. The molecule has 19 heavy (non-hydrogen) atoms. The molecule has 1 fully saturated rings. The Kier molecular flexibility index (Phi) is 4.27. The standard InChI is InChI=1S/C14H21N3O2/c1-10-12(14(18)19-3)8-11(9-13(10)15-2)17-6-4-16-5-7-17/h8-9,15-16H,4-7H2,1-3H3. The van der Waals surface area contributed by atoms with E-state index < -0.39 is 0 Å². The van der Waals surface area contributed by atoms with Crippen LogP contribution >= 0.6 is 0 Å². The van der Waals surface area contributed by atoms with Crippen molar-refractivity contribution in [3.63, 3.8) is 0 Å². The van der Waals surface area contributed by atoms with Crippen molar-refractivity contribution in [2.75, 3.05) is 50.6 Å². The summed E-state index contributed by atoms with van der Waals surface area (Å²) in [7, 11) is 3.28. The maximum absolute atomic E-state index is 11.9. The van der Waals surface area contributed by atoms with Gasteiger partial charge >= 0.3 is 5.97 Å². The van der Waals surface area contributed by atoms with Crippen molar-refractivity contribution in [1.29, 1.82) is 0 Å². The average molecular weight is 263 g/mol. The zero-order chi connectivity index (χ0) is 13.8. The molecule has 2 N–H and O–H groups in total. The predicted molar refractivity (Wildman–Crippen MR) is 77.1 cm³/mol. The molecular weight excluding hydrogens is 242 g/mol. The number of anilines is 2. The van der Waals surface area contributed by atoms with Crippen molar-refractivity contribution < 1.29 is 9.53 Å². The van der Waals surface area contributed by atoms with E-state index in [1.807, 2.05) is 20.0 Å². The molecule has 1 aromatic carbocycles. The van der Waals surface area contributed by atoms with E-state index in [9.17, 15) is 4.79 Å². The summed E-state index contributed by atoms with van der Waals surface area (Å²) in [5.74, 6) is -0.286. The van der Waals surface area contributed by atoms with Crippen molar-refractivity contribution in [1.82, 2.24) is 5.32 Å². The fraction of sp³-hybridized carbons (Fsp3) is 0.500. The Hall–Kier alpha value is -1.75. The summed E-state index contributed by atoms with van der Waals surface area (Å²) in [6.07, 6.45) is 0. The summed E-state index contributed by atoms with van der Waals surface area (Å²) in [5.41, 5.74) is 3.59. The monoisotopic (exact) mass is 263 g/mol. The molecule has 2 rings (SSSR count). The van der Waals surface area contributed by atoms with Crippen molar-refractivity contribution >= 4 is 17.3 Å². The second-order valence-corrected chi connectivity index (χ2v) is 4.64. The maximum Gasteiger partial charge on any atom is 0.338 e. The van der Waals surface area contributed by atoms with E-state index in [1.165, 1.54) is 7.11 Å². The highest BCUT2D eigenvalue weighted by molar-refractivity contribution is 5.94. The lowest BCUT2D eigenvalue weighted by Crippen LogP contribution is -2.43. The van der Waals surface area contributed by atoms with Gasteiger partial charge in [0.2, 0.25) is 0 Å². The van der Waals surface area contributed by atoms with E-state index in [4.69, 9.17) is 4.74 Å². The molecule has 0 radical (unpaired) electrons. The van der Waals surface area contributed by atoms with E-state index in [-0.39, 0.29) is 5.97 Å². The van der Waals surface area contributed by atoms with Crippen molar-refractivity contribution in [3.05, 3.63) is 23.3 Å². The van der Waals surface area contributed by atoms with Crippen LogP contribution in [-0.2, 0) is 4.74 Å². The molecule has 5 heteroatoms. The molecule has 1 saturated heterocycles. The predicted octanol–water partition coefficient (Wildman–Crippen LogP) is 1.23. The number of benzene rings is 1. The molecule has 0 unspecified atom stereocenters. The van der Waals surface area contributed by atoms with Gasteiger partial charge in [-0.2, -0.15) is 0 Å². The van der Waals surface area contributed by atoms with Crippen LogP contribution in [0.2, 0.25) is 0 Å². The SMILES string of the molecule is CNc1cc(N2CCNCC2)cc(C(=O)OC)c1C. The summed E-state index contributed by atoms with van der Waals surface area (Å²) in [4.78, 5) is 14.1.